The second kappa shape index (κ2) is 6.69. The molecular weight excluding hydrogens is 290 g/mol. The number of nitrogens with zero attached hydrogens (tertiary/aromatic N) is 2. The summed E-state index contributed by atoms with van der Waals surface area (Å²) < 4.78 is 5.85. The van der Waals surface area contributed by atoms with Crippen LogP contribution in [0.4, 0.5) is 10.5 Å². The SMILES string of the molecule is Cc1ccc(OC2CCN(C(=O)Nc3ccccc3C)C2)nc1. The van der Waals surface area contributed by atoms with Gasteiger partial charge in [-0.1, -0.05) is 24.3 Å². The van der Waals surface area contributed by atoms with Gasteiger partial charge in [0.25, 0.3) is 0 Å². The number of hydrogen-bond donors (Lipinski definition) is 1. The van der Waals surface area contributed by atoms with Gasteiger partial charge < -0.3 is 15.0 Å². The van der Waals surface area contributed by atoms with E-state index in [9.17, 15) is 4.79 Å². The van der Waals surface area contributed by atoms with Crippen molar-refractivity contribution in [2.45, 2.75) is 26.4 Å². The lowest BCUT2D eigenvalue weighted by Gasteiger charge is -2.18. The van der Waals surface area contributed by atoms with Crippen LogP contribution in [0.3, 0.4) is 0 Å². The first-order chi connectivity index (χ1) is 11.1. The molecule has 5 heteroatoms. The van der Waals surface area contributed by atoms with Gasteiger partial charge in [0, 0.05) is 30.9 Å². The van der Waals surface area contributed by atoms with E-state index in [1.807, 2.05) is 50.2 Å². The van der Waals surface area contributed by atoms with E-state index in [1.165, 1.54) is 0 Å². The topological polar surface area (TPSA) is 54.5 Å². The van der Waals surface area contributed by atoms with Crippen LogP contribution in [0, 0.1) is 13.8 Å². The summed E-state index contributed by atoms with van der Waals surface area (Å²) in [5, 5.41) is 2.96. The maximum atomic E-state index is 12.4. The predicted octanol–water partition coefficient (Wildman–Crippen LogP) is 3.38. The van der Waals surface area contributed by atoms with Crippen molar-refractivity contribution in [2.24, 2.45) is 0 Å². The van der Waals surface area contributed by atoms with Gasteiger partial charge in [0.2, 0.25) is 5.88 Å². The third-order valence-corrected chi connectivity index (χ3v) is 3.99. The Balaban J connectivity index is 1.55. The first kappa shape index (κ1) is 15.3. The van der Waals surface area contributed by atoms with E-state index in [1.54, 1.807) is 11.1 Å². The normalized spacial score (nSPS) is 17.1. The fraction of sp³-hybridized carbons (Fsp3) is 0.333. The fourth-order valence-corrected chi connectivity index (χ4v) is 2.61. The van der Waals surface area contributed by atoms with E-state index < -0.39 is 0 Å². The maximum absolute atomic E-state index is 12.4. The van der Waals surface area contributed by atoms with Crippen LogP contribution in [0.25, 0.3) is 0 Å². The molecule has 1 aromatic heterocycles. The first-order valence-electron chi connectivity index (χ1n) is 7.83. The molecule has 0 saturated carbocycles. The van der Waals surface area contributed by atoms with Crippen molar-refractivity contribution >= 4 is 11.7 Å². The number of carbonyl (C=O) groups is 1. The number of carbonyl (C=O) groups excluding carboxylic acids is 1. The highest BCUT2D eigenvalue weighted by atomic mass is 16.5. The predicted molar refractivity (Wildman–Crippen MR) is 89.8 cm³/mol. The number of nitrogens with one attached hydrogen (secondary N) is 1. The highest BCUT2D eigenvalue weighted by Gasteiger charge is 2.28. The Morgan fingerprint density at radius 1 is 1.26 bits per heavy atom. The van der Waals surface area contributed by atoms with E-state index >= 15 is 0 Å². The quantitative estimate of drug-likeness (QED) is 0.945. The van der Waals surface area contributed by atoms with Gasteiger partial charge in [-0.05, 0) is 31.0 Å². The minimum absolute atomic E-state index is 0.00664. The van der Waals surface area contributed by atoms with E-state index in [2.05, 4.69) is 10.3 Å². The minimum Gasteiger partial charge on any atom is -0.472 e. The van der Waals surface area contributed by atoms with Gasteiger partial charge in [0.1, 0.15) is 6.10 Å². The van der Waals surface area contributed by atoms with E-state index in [0.29, 0.717) is 19.0 Å². The van der Waals surface area contributed by atoms with Crippen molar-refractivity contribution in [1.29, 1.82) is 0 Å². The number of rotatable bonds is 3. The van der Waals surface area contributed by atoms with Gasteiger partial charge >= 0.3 is 6.03 Å². The number of urea groups is 1. The maximum Gasteiger partial charge on any atom is 0.321 e. The zero-order valence-electron chi connectivity index (χ0n) is 13.5. The Labute approximate surface area is 136 Å². The van der Waals surface area contributed by atoms with Gasteiger partial charge in [-0.15, -0.1) is 0 Å². The molecular formula is C18H21N3O2. The summed E-state index contributed by atoms with van der Waals surface area (Å²) in [6, 6.07) is 11.5. The number of aromatic nitrogens is 1. The van der Waals surface area contributed by atoms with Crippen molar-refractivity contribution in [3.05, 3.63) is 53.7 Å². The highest BCUT2D eigenvalue weighted by molar-refractivity contribution is 5.90. The Bertz CT molecular complexity index is 685. The third-order valence-electron chi connectivity index (χ3n) is 3.99. The van der Waals surface area contributed by atoms with Crippen LogP contribution in [0.2, 0.25) is 0 Å². The molecule has 1 aliphatic rings. The number of anilines is 1. The molecule has 1 aromatic carbocycles. The average Bonchev–Trinajstić information content (AvgIpc) is 3.00. The van der Waals surface area contributed by atoms with Crippen LogP contribution in [0.5, 0.6) is 5.88 Å². The lowest BCUT2D eigenvalue weighted by molar-refractivity contribution is 0.190. The number of hydrogen-bond acceptors (Lipinski definition) is 3. The summed E-state index contributed by atoms with van der Waals surface area (Å²) in [4.78, 5) is 18.4. The number of para-hydroxylation sites is 1. The van der Waals surface area contributed by atoms with Crippen LogP contribution < -0.4 is 10.1 Å². The van der Waals surface area contributed by atoms with Crippen molar-refractivity contribution < 1.29 is 9.53 Å². The number of benzene rings is 1. The van der Waals surface area contributed by atoms with Gasteiger partial charge in [-0.3, -0.25) is 0 Å². The minimum atomic E-state index is -0.0812. The molecule has 1 atom stereocenters. The molecule has 1 unspecified atom stereocenters. The van der Waals surface area contributed by atoms with Crippen LogP contribution in [-0.4, -0.2) is 35.1 Å². The standard InChI is InChI=1S/C18H21N3O2/c1-13-7-8-17(19-11-13)23-15-9-10-21(12-15)18(22)20-16-6-4-3-5-14(16)2/h3-8,11,15H,9-10,12H2,1-2H3,(H,20,22). The van der Waals surface area contributed by atoms with E-state index in [-0.39, 0.29) is 12.1 Å². The third kappa shape index (κ3) is 3.80. The fourth-order valence-electron chi connectivity index (χ4n) is 2.61. The van der Waals surface area contributed by atoms with Crippen LogP contribution >= 0.6 is 0 Å². The summed E-state index contributed by atoms with van der Waals surface area (Å²) in [5.74, 6) is 0.613. The summed E-state index contributed by atoms with van der Waals surface area (Å²) in [6.45, 7) is 5.24. The Morgan fingerprint density at radius 3 is 2.83 bits per heavy atom. The average molecular weight is 311 g/mol. The monoisotopic (exact) mass is 311 g/mol. The number of ether oxygens (including phenoxy) is 1. The smallest absolute Gasteiger partial charge is 0.321 e. The summed E-state index contributed by atoms with van der Waals surface area (Å²) >= 11 is 0. The van der Waals surface area contributed by atoms with Crippen LogP contribution in [0.15, 0.2) is 42.6 Å². The molecule has 1 saturated heterocycles. The second-order valence-electron chi connectivity index (χ2n) is 5.89. The zero-order chi connectivity index (χ0) is 16.2. The molecule has 0 aliphatic carbocycles. The van der Waals surface area contributed by atoms with Crippen molar-refractivity contribution in [2.75, 3.05) is 18.4 Å². The Morgan fingerprint density at radius 2 is 2.09 bits per heavy atom. The van der Waals surface area contributed by atoms with Crippen LogP contribution in [-0.2, 0) is 0 Å². The molecule has 2 heterocycles. The van der Waals surface area contributed by atoms with Gasteiger partial charge in [0.05, 0.1) is 6.54 Å². The van der Waals surface area contributed by atoms with Crippen molar-refractivity contribution in [3.8, 4) is 5.88 Å². The van der Waals surface area contributed by atoms with E-state index in [0.717, 1.165) is 23.2 Å². The van der Waals surface area contributed by atoms with Gasteiger partial charge in [-0.25, -0.2) is 9.78 Å². The second-order valence-corrected chi connectivity index (χ2v) is 5.89. The largest absolute Gasteiger partial charge is 0.472 e. The molecule has 23 heavy (non-hydrogen) atoms. The molecule has 120 valence electrons. The molecule has 0 bridgehead atoms. The molecule has 5 nitrogen and oxygen atoms in total. The lowest BCUT2D eigenvalue weighted by Crippen LogP contribution is -2.34. The first-order valence-corrected chi connectivity index (χ1v) is 7.83. The summed E-state index contributed by atoms with van der Waals surface area (Å²) in [6.07, 6.45) is 2.59. The molecule has 0 spiro atoms. The molecule has 1 N–H and O–H groups in total. The zero-order valence-corrected chi connectivity index (χ0v) is 13.5. The summed E-state index contributed by atoms with van der Waals surface area (Å²) in [7, 11) is 0. The van der Waals surface area contributed by atoms with Crippen molar-refractivity contribution in [3.63, 3.8) is 0 Å². The Kier molecular flexibility index (Phi) is 4.46. The number of pyridine rings is 1. The number of likely N-dealkylation sites (tertiary alicyclic amines) is 1. The molecule has 0 radical (unpaired) electrons. The molecule has 2 aromatic rings. The molecule has 1 aliphatic heterocycles. The number of amides is 2. The van der Waals surface area contributed by atoms with E-state index in [4.69, 9.17) is 4.74 Å². The number of aryl methyl sites for hydroxylation is 2. The van der Waals surface area contributed by atoms with Crippen LogP contribution in [0.1, 0.15) is 17.5 Å². The van der Waals surface area contributed by atoms with Gasteiger partial charge in [0.15, 0.2) is 0 Å². The summed E-state index contributed by atoms with van der Waals surface area (Å²) in [5.41, 5.74) is 3.00. The molecule has 2 amide bonds. The highest BCUT2D eigenvalue weighted by Crippen LogP contribution is 2.19. The molecule has 1 fully saturated rings. The van der Waals surface area contributed by atoms with Crippen molar-refractivity contribution in [1.82, 2.24) is 9.88 Å². The Hall–Kier alpha value is -2.56. The lowest BCUT2D eigenvalue weighted by atomic mass is 10.2. The van der Waals surface area contributed by atoms with Gasteiger partial charge in [-0.2, -0.15) is 0 Å². The molecule has 3 rings (SSSR count).